The minimum absolute atomic E-state index is 0.0176. The Morgan fingerprint density at radius 2 is 1.69 bits per heavy atom. The fraction of sp³-hybridized carbons (Fsp3) is 0.389. The monoisotopic (exact) mass is 395 g/mol. The van der Waals surface area contributed by atoms with Crippen LogP contribution in [0, 0.1) is 6.92 Å². The van der Waals surface area contributed by atoms with Crippen molar-refractivity contribution < 1.29 is 14.1 Å². The Kier molecular flexibility index (Phi) is 5.53. The molecular formula is C18H19Cl2N3O3. The Morgan fingerprint density at radius 1 is 1.08 bits per heavy atom. The van der Waals surface area contributed by atoms with E-state index in [2.05, 4.69) is 5.16 Å². The Labute approximate surface area is 161 Å². The van der Waals surface area contributed by atoms with E-state index in [1.165, 1.54) is 0 Å². The van der Waals surface area contributed by atoms with Crippen LogP contribution in [-0.2, 0) is 4.79 Å². The minimum atomic E-state index is -0.194. The third-order valence-electron chi connectivity index (χ3n) is 4.50. The van der Waals surface area contributed by atoms with Gasteiger partial charge in [-0.15, -0.1) is 0 Å². The van der Waals surface area contributed by atoms with E-state index in [1.54, 1.807) is 41.8 Å². The SMILES string of the molecule is CC(=O)N1CCCN(C(=O)c2c(-c3c(Cl)cccc3Cl)noc2C)CC1. The van der Waals surface area contributed by atoms with Crippen LogP contribution in [0.4, 0.5) is 0 Å². The second kappa shape index (κ2) is 7.68. The Bertz CT molecular complexity index is 830. The van der Waals surface area contributed by atoms with Gasteiger partial charge in [0.15, 0.2) is 0 Å². The number of rotatable bonds is 2. The molecule has 6 nitrogen and oxygen atoms in total. The largest absolute Gasteiger partial charge is 0.360 e. The quantitative estimate of drug-likeness (QED) is 0.777. The van der Waals surface area contributed by atoms with Gasteiger partial charge in [-0.05, 0) is 25.5 Å². The van der Waals surface area contributed by atoms with Gasteiger partial charge in [0, 0.05) is 38.7 Å². The van der Waals surface area contributed by atoms with Crippen LogP contribution in [0.25, 0.3) is 11.3 Å². The normalized spacial score (nSPS) is 15.1. The van der Waals surface area contributed by atoms with Crippen molar-refractivity contribution in [2.75, 3.05) is 26.2 Å². The summed E-state index contributed by atoms with van der Waals surface area (Å²) in [6, 6.07) is 5.11. The molecule has 1 fully saturated rings. The number of benzene rings is 1. The number of halogens is 2. The van der Waals surface area contributed by atoms with Crippen LogP contribution < -0.4 is 0 Å². The summed E-state index contributed by atoms with van der Waals surface area (Å²) in [7, 11) is 0. The van der Waals surface area contributed by atoms with Crippen LogP contribution in [0.3, 0.4) is 0 Å². The van der Waals surface area contributed by atoms with Gasteiger partial charge in [0.05, 0.1) is 10.0 Å². The van der Waals surface area contributed by atoms with Crippen molar-refractivity contribution >= 4 is 35.0 Å². The van der Waals surface area contributed by atoms with E-state index < -0.39 is 0 Å². The summed E-state index contributed by atoms with van der Waals surface area (Å²) in [5.74, 6) is 0.234. The first kappa shape index (κ1) is 18.7. The third kappa shape index (κ3) is 3.57. The van der Waals surface area contributed by atoms with Crippen molar-refractivity contribution in [3.63, 3.8) is 0 Å². The molecule has 26 heavy (non-hydrogen) atoms. The summed E-state index contributed by atoms with van der Waals surface area (Å²) >= 11 is 12.6. The zero-order chi connectivity index (χ0) is 18.8. The summed E-state index contributed by atoms with van der Waals surface area (Å²) in [6.07, 6.45) is 0.720. The van der Waals surface area contributed by atoms with Crippen molar-refractivity contribution in [2.45, 2.75) is 20.3 Å². The first-order valence-electron chi connectivity index (χ1n) is 8.35. The molecule has 8 heteroatoms. The Morgan fingerprint density at radius 3 is 2.35 bits per heavy atom. The smallest absolute Gasteiger partial charge is 0.259 e. The molecule has 1 aromatic carbocycles. The molecule has 0 unspecified atom stereocenters. The molecule has 138 valence electrons. The van der Waals surface area contributed by atoms with E-state index in [4.69, 9.17) is 27.7 Å². The highest BCUT2D eigenvalue weighted by molar-refractivity contribution is 6.39. The van der Waals surface area contributed by atoms with E-state index in [0.29, 0.717) is 58.8 Å². The maximum Gasteiger partial charge on any atom is 0.259 e. The highest BCUT2D eigenvalue weighted by Gasteiger charge is 2.29. The van der Waals surface area contributed by atoms with Crippen molar-refractivity contribution in [1.29, 1.82) is 0 Å². The van der Waals surface area contributed by atoms with Gasteiger partial charge < -0.3 is 14.3 Å². The maximum absolute atomic E-state index is 13.2. The van der Waals surface area contributed by atoms with Gasteiger partial charge >= 0.3 is 0 Å². The first-order valence-corrected chi connectivity index (χ1v) is 9.11. The van der Waals surface area contributed by atoms with Gasteiger partial charge in [-0.3, -0.25) is 9.59 Å². The van der Waals surface area contributed by atoms with Crippen LogP contribution >= 0.6 is 23.2 Å². The maximum atomic E-state index is 13.2. The molecule has 2 heterocycles. The van der Waals surface area contributed by atoms with Gasteiger partial charge in [-0.25, -0.2) is 0 Å². The molecule has 1 saturated heterocycles. The second-order valence-corrected chi connectivity index (χ2v) is 7.03. The molecule has 0 radical (unpaired) electrons. The zero-order valence-electron chi connectivity index (χ0n) is 14.6. The van der Waals surface area contributed by atoms with Crippen LogP contribution in [0.15, 0.2) is 22.7 Å². The lowest BCUT2D eigenvalue weighted by Crippen LogP contribution is -2.36. The number of carbonyl (C=O) groups is 2. The van der Waals surface area contributed by atoms with Crippen molar-refractivity contribution in [3.8, 4) is 11.3 Å². The first-order chi connectivity index (χ1) is 12.4. The molecule has 0 saturated carbocycles. The topological polar surface area (TPSA) is 66.7 Å². The molecule has 1 aliphatic heterocycles. The fourth-order valence-electron chi connectivity index (χ4n) is 3.11. The van der Waals surface area contributed by atoms with Gasteiger partial charge in [0.25, 0.3) is 5.91 Å². The van der Waals surface area contributed by atoms with Crippen LogP contribution in [-0.4, -0.2) is 52.9 Å². The molecule has 0 N–H and O–H groups in total. The van der Waals surface area contributed by atoms with E-state index in [-0.39, 0.29) is 11.8 Å². The Balaban J connectivity index is 1.94. The van der Waals surface area contributed by atoms with Crippen molar-refractivity contribution in [2.24, 2.45) is 0 Å². The lowest BCUT2D eigenvalue weighted by Gasteiger charge is -2.21. The summed E-state index contributed by atoms with van der Waals surface area (Å²) in [5.41, 5.74) is 1.18. The zero-order valence-corrected chi connectivity index (χ0v) is 16.1. The molecule has 1 aliphatic rings. The molecule has 2 aromatic rings. The van der Waals surface area contributed by atoms with Crippen LogP contribution in [0.2, 0.25) is 10.0 Å². The van der Waals surface area contributed by atoms with Gasteiger partial charge in [-0.1, -0.05) is 34.4 Å². The van der Waals surface area contributed by atoms with Gasteiger partial charge in [0.2, 0.25) is 5.91 Å². The average Bonchev–Trinajstić information content (AvgIpc) is 2.81. The van der Waals surface area contributed by atoms with Crippen molar-refractivity contribution in [1.82, 2.24) is 15.0 Å². The number of carbonyl (C=O) groups excluding carboxylic acids is 2. The number of aromatic nitrogens is 1. The molecule has 2 amide bonds. The van der Waals surface area contributed by atoms with Gasteiger partial charge in [0.1, 0.15) is 17.0 Å². The summed E-state index contributed by atoms with van der Waals surface area (Å²) in [6.45, 7) is 5.40. The molecular weight excluding hydrogens is 377 g/mol. The summed E-state index contributed by atoms with van der Waals surface area (Å²) in [5, 5.41) is 4.84. The van der Waals surface area contributed by atoms with E-state index in [1.807, 2.05) is 0 Å². The van der Waals surface area contributed by atoms with E-state index in [0.717, 1.165) is 6.42 Å². The molecule has 0 aliphatic carbocycles. The summed E-state index contributed by atoms with van der Waals surface area (Å²) < 4.78 is 5.28. The number of hydrogen-bond donors (Lipinski definition) is 0. The predicted octanol–water partition coefficient (Wildman–Crippen LogP) is 3.65. The summed E-state index contributed by atoms with van der Waals surface area (Å²) in [4.78, 5) is 28.2. The van der Waals surface area contributed by atoms with Crippen molar-refractivity contribution in [3.05, 3.63) is 39.6 Å². The Hall–Kier alpha value is -2.05. The second-order valence-electron chi connectivity index (χ2n) is 6.21. The lowest BCUT2D eigenvalue weighted by molar-refractivity contribution is -0.128. The van der Waals surface area contributed by atoms with E-state index in [9.17, 15) is 9.59 Å². The third-order valence-corrected chi connectivity index (χ3v) is 5.13. The number of aryl methyl sites for hydroxylation is 1. The minimum Gasteiger partial charge on any atom is -0.360 e. The van der Waals surface area contributed by atoms with Crippen LogP contribution in [0.5, 0.6) is 0 Å². The number of nitrogens with zero attached hydrogens (tertiary/aromatic N) is 3. The fourth-order valence-corrected chi connectivity index (χ4v) is 3.69. The van der Waals surface area contributed by atoms with Gasteiger partial charge in [-0.2, -0.15) is 0 Å². The van der Waals surface area contributed by atoms with Crippen LogP contribution in [0.1, 0.15) is 29.5 Å². The molecule has 0 atom stereocenters. The molecule has 0 bridgehead atoms. The number of amides is 2. The highest BCUT2D eigenvalue weighted by Crippen LogP contribution is 2.37. The highest BCUT2D eigenvalue weighted by atomic mass is 35.5. The number of hydrogen-bond acceptors (Lipinski definition) is 4. The molecule has 1 aromatic heterocycles. The average molecular weight is 396 g/mol. The predicted molar refractivity (Wildman–Crippen MR) is 99.5 cm³/mol. The molecule has 3 rings (SSSR count). The van der Waals surface area contributed by atoms with E-state index >= 15 is 0 Å². The lowest BCUT2D eigenvalue weighted by atomic mass is 10.0. The standard InChI is InChI=1S/C18H19Cl2N3O3/c1-11-15(17(21-26-11)16-13(19)5-3-6-14(16)20)18(25)23-8-4-7-22(9-10-23)12(2)24/h3,5-6H,4,7-10H2,1-2H3. The molecule has 0 spiro atoms.